The zero-order chi connectivity index (χ0) is 23.7. The van der Waals surface area contributed by atoms with Gasteiger partial charge in [-0.1, -0.05) is 6.07 Å². The Balaban J connectivity index is 1.23. The van der Waals surface area contributed by atoms with Crippen LogP contribution in [-0.4, -0.2) is 64.1 Å². The Labute approximate surface area is 198 Å². The van der Waals surface area contributed by atoms with Gasteiger partial charge in [-0.05, 0) is 49.7 Å². The fourth-order valence-electron chi connectivity index (χ4n) is 4.97. The second-order valence-electron chi connectivity index (χ2n) is 9.40. The molecule has 0 aliphatic carbocycles. The van der Waals surface area contributed by atoms with Crippen LogP contribution >= 0.6 is 0 Å². The first-order valence-electron chi connectivity index (χ1n) is 12.0. The molecule has 2 aliphatic heterocycles. The third-order valence-electron chi connectivity index (χ3n) is 6.43. The average Bonchev–Trinajstić information content (AvgIpc) is 3.06. The predicted molar refractivity (Wildman–Crippen MR) is 127 cm³/mol. The van der Waals surface area contributed by atoms with E-state index in [-0.39, 0.29) is 23.9 Å². The molecule has 1 aromatic heterocycles. The summed E-state index contributed by atoms with van der Waals surface area (Å²) in [6.07, 6.45) is 1.27. The third-order valence-corrected chi connectivity index (χ3v) is 6.43. The van der Waals surface area contributed by atoms with Crippen molar-refractivity contribution in [2.24, 2.45) is 0 Å². The SMILES string of the molecule is C[C@@H]1CN(Cc2ccc3c(c2)CN(C(=O)CCc2nc4ccc(F)cc4[nH]2)CCO3)C[C@H](C)O1. The average molecular weight is 467 g/mol. The highest BCUT2D eigenvalue weighted by Crippen LogP contribution is 2.26. The lowest BCUT2D eigenvalue weighted by Crippen LogP contribution is -2.44. The topological polar surface area (TPSA) is 70.7 Å². The predicted octanol–water partition coefficient (Wildman–Crippen LogP) is 3.67. The summed E-state index contributed by atoms with van der Waals surface area (Å²) in [5, 5.41) is 0. The van der Waals surface area contributed by atoms with E-state index >= 15 is 0 Å². The van der Waals surface area contributed by atoms with Crippen molar-refractivity contribution in [3.8, 4) is 5.75 Å². The first-order valence-corrected chi connectivity index (χ1v) is 12.0. The van der Waals surface area contributed by atoms with Crippen LogP contribution in [0, 0.1) is 5.82 Å². The van der Waals surface area contributed by atoms with Crippen molar-refractivity contribution >= 4 is 16.9 Å². The monoisotopic (exact) mass is 466 g/mol. The molecule has 180 valence electrons. The summed E-state index contributed by atoms with van der Waals surface area (Å²) in [5.41, 5.74) is 3.61. The molecular formula is C26H31FN4O3. The van der Waals surface area contributed by atoms with Gasteiger partial charge in [-0.2, -0.15) is 0 Å². The van der Waals surface area contributed by atoms with Crippen molar-refractivity contribution in [3.05, 3.63) is 59.2 Å². The standard InChI is InChI=1S/C26H31FN4O3/c1-17-13-30(14-18(2)34-17)15-19-3-6-24-20(11-19)16-31(9-10-33-24)26(32)8-7-25-28-22-5-4-21(27)12-23(22)29-25/h3-6,11-12,17-18H,7-10,13-16H2,1-2H3,(H,28,29)/t17-,18+. The van der Waals surface area contributed by atoms with E-state index in [1.807, 2.05) is 11.0 Å². The molecule has 1 amide bonds. The number of nitrogens with zero attached hydrogens (tertiary/aromatic N) is 3. The number of aromatic amines is 1. The van der Waals surface area contributed by atoms with Gasteiger partial charge >= 0.3 is 0 Å². The normalized spacial score (nSPS) is 21.2. The van der Waals surface area contributed by atoms with Gasteiger partial charge in [0.15, 0.2) is 0 Å². The first-order chi connectivity index (χ1) is 16.4. The summed E-state index contributed by atoms with van der Waals surface area (Å²) in [4.78, 5) is 24.9. The summed E-state index contributed by atoms with van der Waals surface area (Å²) < 4.78 is 25.2. The number of hydrogen-bond acceptors (Lipinski definition) is 5. The van der Waals surface area contributed by atoms with Crippen molar-refractivity contribution in [2.45, 2.75) is 52.0 Å². The molecule has 34 heavy (non-hydrogen) atoms. The van der Waals surface area contributed by atoms with E-state index in [1.54, 1.807) is 6.07 Å². The van der Waals surface area contributed by atoms with E-state index in [4.69, 9.17) is 9.47 Å². The van der Waals surface area contributed by atoms with E-state index in [2.05, 4.69) is 40.8 Å². The molecule has 2 aromatic carbocycles. The van der Waals surface area contributed by atoms with Crippen LogP contribution in [0.15, 0.2) is 36.4 Å². The molecule has 1 saturated heterocycles. The number of morpholine rings is 1. The zero-order valence-electron chi connectivity index (χ0n) is 19.7. The maximum atomic E-state index is 13.4. The van der Waals surface area contributed by atoms with Gasteiger partial charge in [-0.15, -0.1) is 0 Å². The Morgan fingerprint density at radius 2 is 2.00 bits per heavy atom. The summed E-state index contributed by atoms with van der Waals surface area (Å²) in [6.45, 7) is 8.46. The van der Waals surface area contributed by atoms with Gasteiger partial charge < -0.3 is 19.4 Å². The molecule has 8 heteroatoms. The largest absolute Gasteiger partial charge is 0.491 e. The Morgan fingerprint density at radius 3 is 2.82 bits per heavy atom. The molecular weight excluding hydrogens is 435 g/mol. The molecule has 0 bridgehead atoms. The number of aromatic nitrogens is 2. The molecule has 0 saturated carbocycles. The van der Waals surface area contributed by atoms with Gasteiger partial charge in [0.05, 0.1) is 29.8 Å². The number of carbonyl (C=O) groups is 1. The van der Waals surface area contributed by atoms with Crippen molar-refractivity contribution in [1.29, 1.82) is 0 Å². The highest BCUT2D eigenvalue weighted by atomic mass is 19.1. The fraction of sp³-hybridized carbons (Fsp3) is 0.462. The highest BCUT2D eigenvalue weighted by Gasteiger charge is 2.24. The number of carbonyl (C=O) groups excluding carboxylic acids is 1. The van der Waals surface area contributed by atoms with E-state index in [0.29, 0.717) is 49.4 Å². The molecule has 1 fully saturated rings. The minimum absolute atomic E-state index is 0.0596. The van der Waals surface area contributed by atoms with E-state index < -0.39 is 0 Å². The molecule has 2 aliphatic rings. The lowest BCUT2D eigenvalue weighted by atomic mass is 10.1. The molecule has 1 N–H and O–H groups in total. The van der Waals surface area contributed by atoms with Crippen molar-refractivity contribution in [2.75, 3.05) is 26.2 Å². The molecule has 0 unspecified atom stereocenters. The van der Waals surface area contributed by atoms with Crippen LogP contribution in [-0.2, 0) is 29.0 Å². The van der Waals surface area contributed by atoms with Crippen LogP contribution in [0.3, 0.4) is 0 Å². The van der Waals surface area contributed by atoms with Crippen LogP contribution < -0.4 is 4.74 Å². The van der Waals surface area contributed by atoms with Crippen molar-refractivity contribution in [1.82, 2.24) is 19.8 Å². The Kier molecular flexibility index (Phi) is 6.52. The first kappa shape index (κ1) is 22.8. The number of aryl methyl sites for hydroxylation is 1. The Bertz CT molecular complexity index is 1170. The van der Waals surface area contributed by atoms with E-state index in [9.17, 15) is 9.18 Å². The van der Waals surface area contributed by atoms with Crippen molar-refractivity contribution < 1.29 is 18.7 Å². The molecule has 0 spiro atoms. The van der Waals surface area contributed by atoms with Crippen LogP contribution in [0.4, 0.5) is 4.39 Å². The lowest BCUT2D eigenvalue weighted by Gasteiger charge is -2.35. The number of hydrogen-bond donors (Lipinski definition) is 1. The van der Waals surface area contributed by atoms with Crippen molar-refractivity contribution in [3.63, 3.8) is 0 Å². The second kappa shape index (κ2) is 9.72. The summed E-state index contributed by atoms with van der Waals surface area (Å²) in [5.74, 6) is 1.29. The lowest BCUT2D eigenvalue weighted by molar-refractivity contribution is -0.131. The number of amides is 1. The van der Waals surface area contributed by atoms with Gasteiger partial charge in [-0.25, -0.2) is 9.37 Å². The number of benzene rings is 2. The number of nitrogens with one attached hydrogen (secondary N) is 1. The molecule has 5 rings (SSSR count). The number of halogens is 1. The van der Waals surface area contributed by atoms with E-state index in [0.717, 1.165) is 30.9 Å². The number of fused-ring (bicyclic) bond motifs is 2. The Hall–Kier alpha value is -2.97. The Morgan fingerprint density at radius 1 is 1.18 bits per heavy atom. The summed E-state index contributed by atoms with van der Waals surface area (Å²) in [7, 11) is 0. The van der Waals surface area contributed by atoms with Crippen LogP contribution in [0.25, 0.3) is 11.0 Å². The molecule has 0 radical (unpaired) electrons. The number of ether oxygens (including phenoxy) is 2. The zero-order valence-corrected chi connectivity index (χ0v) is 19.7. The van der Waals surface area contributed by atoms with Gasteiger partial charge in [0, 0.05) is 44.6 Å². The number of imidazole rings is 1. The maximum Gasteiger partial charge on any atom is 0.223 e. The fourth-order valence-corrected chi connectivity index (χ4v) is 4.97. The van der Waals surface area contributed by atoms with Crippen LogP contribution in [0.1, 0.15) is 37.2 Å². The minimum Gasteiger partial charge on any atom is -0.491 e. The summed E-state index contributed by atoms with van der Waals surface area (Å²) >= 11 is 0. The maximum absolute atomic E-state index is 13.4. The smallest absolute Gasteiger partial charge is 0.223 e. The number of rotatable bonds is 5. The second-order valence-corrected chi connectivity index (χ2v) is 9.40. The molecule has 3 aromatic rings. The van der Waals surface area contributed by atoms with E-state index in [1.165, 1.54) is 17.7 Å². The van der Waals surface area contributed by atoms with Gasteiger partial charge in [0.2, 0.25) is 5.91 Å². The number of H-pyrrole nitrogens is 1. The van der Waals surface area contributed by atoms with Gasteiger partial charge in [0.25, 0.3) is 0 Å². The highest BCUT2D eigenvalue weighted by molar-refractivity contribution is 5.77. The third kappa shape index (κ3) is 5.23. The van der Waals surface area contributed by atoms with Gasteiger partial charge in [0.1, 0.15) is 24.0 Å². The quantitative estimate of drug-likeness (QED) is 0.621. The van der Waals surface area contributed by atoms with Crippen LogP contribution in [0.2, 0.25) is 0 Å². The van der Waals surface area contributed by atoms with Crippen LogP contribution in [0.5, 0.6) is 5.75 Å². The molecule has 3 heterocycles. The molecule has 7 nitrogen and oxygen atoms in total. The minimum atomic E-state index is -0.306. The molecule has 2 atom stereocenters. The van der Waals surface area contributed by atoms with Gasteiger partial charge in [-0.3, -0.25) is 9.69 Å². The summed E-state index contributed by atoms with van der Waals surface area (Å²) in [6, 6.07) is 10.8.